The van der Waals surface area contributed by atoms with E-state index in [1.807, 2.05) is 0 Å². The summed E-state index contributed by atoms with van der Waals surface area (Å²) in [6.45, 7) is 1.76. The van der Waals surface area contributed by atoms with Crippen LogP contribution in [-0.4, -0.2) is 12.2 Å². The number of halogens is 2. The topological polar surface area (TPSA) is 29.5 Å². The van der Waals surface area contributed by atoms with Gasteiger partial charge in [0.2, 0.25) is 0 Å². The van der Waals surface area contributed by atoms with E-state index < -0.39 is 17.2 Å². The molecule has 0 amide bonds. The molecule has 2 aromatic rings. The fourth-order valence-electron chi connectivity index (χ4n) is 2.24. The van der Waals surface area contributed by atoms with E-state index in [1.165, 1.54) is 37.4 Å². The van der Waals surface area contributed by atoms with Crippen molar-refractivity contribution >= 4 is 0 Å². The van der Waals surface area contributed by atoms with E-state index in [0.29, 0.717) is 17.5 Å². The van der Waals surface area contributed by atoms with Gasteiger partial charge in [0.1, 0.15) is 11.4 Å². The lowest BCUT2D eigenvalue weighted by Crippen LogP contribution is -2.26. The molecule has 0 radical (unpaired) electrons. The Labute approximate surface area is 116 Å². The maximum absolute atomic E-state index is 13.8. The van der Waals surface area contributed by atoms with Crippen LogP contribution >= 0.6 is 0 Å². The molecule has 2 aromatic carbocycles. The van der Waals surface area contributed by atoms with Crippen molar-refractivity contribution < 1.29 is 18.6 Å². The molecule has 1 N–H and O–H groups in total. The van der Waals surface area contributed by atoms with Crippen LogP contribution in [0, 0.1) is 11.6 Å². The lowest BCUT2D eigenvalue weighted by molar-refractivity contribution is 0.0757. The van der Waals surface area contributed by atoms with Gasteiger partial charge in [-0.1, -0.05) is 25.1 Å². The van der Waals surface area contributed by atoms with Gasteiger partial charge in [-0.2, -0.15) is 0 Å². The molecule has 106 valence electrons. The van der Waals surface area contributed by atoms with E-state index >= 15 is 0 Å². The smallest absolute Gasteiger partial charge is 0.165 e. The molecule has 0 aliphatic heterocycles. The first kappa shape index (κ1) is 14.5. The van der Waals surface area contributed by atoms with Gasteiger partial charge >= 0.3 is 0 Å². The van der Waals surface area contributed by atoms with E-state index in [2.05, 4.69) is 0 Å². The average Bonchev–Trinajstić information content (AvgIpc) is 2.46. The highest BCUT2D eigenvalue weighted by atomic mass is 19.1. The first-order valence-electron chi connectivity index (χ1n) is 6.33. The Kier molecular flexibility index (Phi) is 4.04. The highest BCUT2D eigenvalue weighted by molar-refractivity contribution is 5.39. The van der Waals surface area contributed by atoms with Gasteiger partial charge in [-0.3, -0.25) is 0 Å². The second-order valence-corrected chi connectivity index (χ2v) is 4.57. The fraction of sp³-hybridized carbons (Fsp3) is 0.250. The molecule has 0 fully saturated rings. The van der Waals surface area contributed by atoms with Crippen LogP contribution in [0.3, 0.4) is 0 Å². The predicted octanol–water partition coefficient (Wildman–Crippen LogP) is 3.62. The van der Waals surface area contributed by atoms with Gasteiger partial charge in [-0.05, 0) is 41.8 Å². The van der Waals surface area contributed by atoms with Crippen molar-refractivity contribution in [2.45, 2.75) is 18.9 Å². The molecule has 0 aliphatic rings. The minimum absolute atomic E-state index is 0.103. The predicted molar refractivity (Wildman–Crippen MR) is 72.6 cm³/mol. The van der Waals surface area contributed by atoms with Crippen LogP contribution in [0.2, 0.25) is 0 Å². The number of aliphatic hydroxyl groups is 1. The van der Waals surface area contributed by atoms with E-state index in [4.69, 9.17) is 4.74 Å². The van der Waals surface area contributed by atoms with Crippen molar-refractivity contribution in [3.8, 4) is 5.75 Å². The van der Waals surface area contributed by atoms with Gasteiger partial charge in [0.15, 0.2) is 11.6 Å². The summed E-state index contributed by atoms with van der Waals surface area (Å²) in [7, 11) is 1.37. The standard InChI is InChI=1S/C16H16F2O2/c1-3-16(19,11-5-4-6-13(17)9-11)12-7-8-15(20-2)14(18)10-12/h4-10,19H,3H2,1-2H3. The first-order chi connectivity index (χ1) is 9.51. The molecule has 4 heteroatoms. The van der Waals surface area contributed by atoms with Crippen LogP contribution in [0.5, 0.6) is 5.75 Å². The minimum Gasteiger partial charge on any atom is -0.494 e. The molecule has 0 aliphatic carbocycles. The Hall–Kier alpha value is -1.94. The minimum atomic E-state index is -1.44. The summed E-state index contributed by atoms with van der Waals surface area (Å²) < 4.78 is 32.0. The quantitative estimate of drug-likeness (QED) is 0.925. The Morgan fingerprint density at radius 3 is 2.35 bits per heavy atom. The van der Waals surface area contributed by atoms with Crippen LogP contribution in [0.15, 0.2) is 42.5 Å². The molecular formula is C16H16F2O2. The molecule has 0 aromatic heterocycles. The summed E-state index contributed by atoms with van der Waals surface area (Å²) in [4.78, 5) is 0. The van der Waals surface area contributed by atoms with E-state index in [0.717, 1.165) is 0 Å². The number of ether oxygens (including phenoxy) is 1. The third-order valence-electron chi connectivity index (χ3n) is 3.44. The zero-order chi connectivity index (χ0) is 14.8. The zero-order valence-electron chi connectivity index (χ0n) is 11.4. The Morgan fingerprint density at radius 1 is 1.10 bits per heavy atom. The van der Waals surface area contributed by atoms with Crippen LogP contribution < -0.4 is 4.74 Å². The number of hydrogen-bond donors (Lipinski definition) is 1. The molecule has 1 unspecified atom stereocenters. The lowest BCUT2D eigenvalue weighted by Gasteiger charge is -2.28. The summed E-state index contributed by atoms with van der Waals surface area (Å²) in [6, 6.07) is 9.94. The van der Waals surface area contributed by atoms with E-state index in [1.54, 1.807) is 19.1 Å². The second-order valence-electron chi connectivity index (χ2n) is 4.57. The summed E-state index contributed by atoms with van der Waals surface area (Å²) in [5, 5.41) is 10.8. The van der Waals surface area contributed by atoms with Gasteiger partial charge in [-0.15, -0.1) is 0 Å². The molecule has 0 saturated carbocycles. The maximum Gasteiger partial charge on any atom is 0.165 e. The zero-order valence-corrected chi connectivity index (χ0v) is 11.4. The van der Waals surface area contributed by atoms with Crippen LogP contribution in [0.4, 0.5) is 8.78 Å². The molecule has 0 spiro atoms. The molecule has 0 heterocycles. The fourth-order valence-corrected chi connectivity index (χ4v) is 2.24. The van der Waals surface area contributed by atoms with Crippen molar-refractivity contribution in [1.29, 1.82) is 0 Å². The third kappa shape index (κ3) is 2.51. The monoisotopic (exact) mass is 278 g/mol. The van der Waals surface area contributed by atoms with Gasteiger partial charge in [-0.25, -0.2) is 8.78 Å². The number of methoxy groups -OCH3 is 1. The van der Waals surface area contributed by atoms with Crippen molar-refractivity contribution in [3.05, 3.63) is 65.2 Å². The average molecular weight is 278 g/mol. The molecule has 2 nitrogen and oxygen atoms in total. The van der Waals surface area contributed by atoms with Crippen molar-refractivity contribution in [3.63, 3.8) is 0 Å². The van der Waals surface area contributed by atoms with Crippen molar-refractivity contribution in [1.82, 2.24) is 0 Å². The van der Waals surface area contributed by atoms with Crippen LogP contribution in [0.25, 0.3) is 0 Å². The number of hydrogen-bond acceptors (Lipinski definition) is 2. The van der Waals surface area contributed by atoms with Crippen molar-refractivity contribution in [2.75, 3.05) is 7.11 Å². The van der Waals surface area contributed by atoms with E-state index in [-0.39, 0.29) is 5.75 Å². The molecular weight excluding hydrogens is 262 g/mol. The summed E-state index contributed by atoms with van der Waals surface area (Å²) in [5.41, 5.74) is -0.677. The highest BCUT2D eigenvalue weighted by Gasteiger charge is 2.30. The Balaban J connectivity index is 2.53. The summed E-state index contributed by atoms with van der Waals surface area (Å²) in [6.07, 6.45) is 0.294. The second kappa shape index (κ2) is 5.59. The third-order valence-corrected chi connectivity index (χ3v) is 3.44. The largest absolute Gasteiger partial charge is 0.494 e. The summed E-state index contributed by atoms with van der Waals surface area (Å²) >= 11 is 0. The SMILES string of the molecule is CCC(O)(c1cccc(F)c1)c1ccc(OC)c(F)c1. The maximum atomic E-state index is 13.8. The molecule has 1 atom stereocenters. The van der Waals surface area contributed by atoms with E-state index in [9.17, 15) is 13.9 Å². The van der Waals surface area contributed by atoms with Crippen molar-refractivity contribution in [2.24, 2.45) is 0 Å². The lowest BCUT2D eigenvalue weighted by atomic mass is 9.84. The van der Waals surface area contributed by atoms with Gasteiger partial charge in [0, 0.05) is 0 Å². The molecule has 0 bridgehead atoms. The molecule has 20 heavy (non-hydrogen) atoms. The molecule has 2 rings (SSSR count). The Morgan fingerprint density at radius 2 is 1.80 bits per heavy atom. The van der Waals surface area contributed by atoms with Gasteiger partial charge in [0.25, 0.3) is 0 Å². The van der Waals surface area contributed by atoms with Crippen LogP contribution in [-0.2, 0) is 5.60 Å². The summed E-state index contributed by atoms with van der Waals surface area (Å²) in [5.74, 6) is -0.900. The number of rotatable bonds is 4. The first-order valence-corrected chi connectivity index (χ1v) is 6.33. The molecule has 0 saturated heterocycles. The van der Waals surface area contributed by atoms with Gasteiger partial charge < -0.3 is 9.84 Å². The van der Waals surface area contributed by atoms with Crippen LogP contribution in [0.1, 0.15) is 24.5 Å². The number of benzene rings is 2. The van der Waals surface area contributed by atoms with Gasteiger partial charge in [0.05, 0.1) is 7.11 Å². The Bertz CT molecular complexity index is 613. The normalized spacial score (nSPS) is 13.8. The highest BCUT2D eigenvalue weighted by Crippen LogP contribution is 2.34.